The summed E-state index contributed by atoms with van der Waals surface area (Å²) in [5.74, 6) is 0.773. The fourth-order valence-electron chi connectivity index (χ4n) is 5.78. The van der Waals surface area contributed by atoms with Crippen molar-refractivity contribution in [3.05, 3.63) is 59.2 Å². The van der Waals surface area contributed by atoms with Gasteiger partial charge in [-0.15, -0.1) is 0 Å². The summed E-state index contributed by atoms with van der Waals surface area (Å²) in [5.41, 5.74) is 2.09. The fraction of sp³-hybridized carbons (Fsp3) is 0.576. The van der Waals surface area contributed by atoms with E-state index in [9.17, 15) is 9.59 Å². The Morgan fingerprint density at radius 1 is 1.00 bits per heavy atom. The molecule has 2 N–H and O–H groups in total. The van der Waals surface area contributed by atoms with Crippen molar-refractivity contribution in [2.75, 3.05) is 14.2 Å². The molecule has 9 heteroatoms. The van der Waals surface area contributed by atoms with E-state index in [1.165, 1.54) is 0 Å². The van der Waals surface area contributed by atoms with E-state index in [0.29, 0.717) is 43.8 Å². The highest BCUT2D eigenvalue weighted by molar-refractivity contribution is 6.48. The topological polar surface area (TPSA) is 95.1 Å². The highest BCUT2D eigenvalue weighted by Gasteiger charge is 2.54. The molecule has 1 aliphatic heterocycles. The van der Waals surface area contributed by atoms with Gasteiger partial charge in [0.1, 0.15) is 17.5 Å². The summed E-state index contributed by atoms with van der Waals surface area (Å²) in [5, 5.41) is 6.31. The predicted octanol–water partition coefficient (Wildman–Crippen LogP) is 4.70. The maximum atomic E-state index is 13.9. The van der Waals surface area contributed by atoms with Crippen LogP contribution in [0.3, 0.4) is 0 Å². The number of ether oxygens (including phenoxy) is 2. The van der Waals surface area contributed by atoms with Gasteiger partial charge in [-0.25, -0.2) is 0 Å². The molecule has 1 aliphatic carbocycles. The van der Waals surface area contributed by atoms with Crippen molar-refractivity contribution in [3.8, 4) is 11.5 Å². The van der Waals surface area contributed by atoms with Crippen molar-refractivity contribution >= 4 is 18.9 Å². The number of rotatable bonds is 11. The lowest BCUT2D eigenvalue weighted by atomic mass is 9.73. The molecule has 0 bridgehead atoms. The predicted molar refractivity (Wildman–Crippen MR) is 165 cm³/mol. The van der Waals surface area contributed by atoms with Gasteiger partial charge in [0, 0.05) is 18.4 Å². The summed E-state index contributed by atoms with van der Waals surface area (Å²) < 4.78 is 23.7. The van der Waals surface area contributed by atoms with E-state index in [-0.39, 0.29) is 23.7 Å². The number of methoxy groups -OCH3 is 2. The van der Waals surface area contributed by atoms with Crippen molar-refractivity contribution in [1.82, 2.24) is 10.6 Å². The first-order valence-corrected chi connectivity index (χ1v) is 15.1. The minimum absolute atomic E-state index is 0.130. The van der Waals surface area contributed by atoms with Crippen molar-refractivity contribution in [2.24, 2.45) is 11.8 Å². The Morgan fingerprint density at radius 2 is 1.67 bits per heavy atom. The van der Waals surface area contributed by atoms with Crippen LogP contribution >= 0.6 is 0 Å². The highest BCUT2D eigenvalue weighted by atomic mass is 16.7. The van der Waals surface area contributed by atoms with Crippen LogP contribution in [0.2, 0.25) is 0 Å². The Hall–Kier alpha value is -3.04. The third kappa shape index (κ3) is 7.29. The SMILES string of the molecule is COc1cc2c(c(OC)c1)CCC(C(=O)N[C@@H](Cc1ccccc1)C(=O)NC(CC(C)C)B1OC(C)(C)C(C)(C)O1)C2. The zero-order valence-corrected chi connectivity index (χ0v) is 26.4. The monoisotopic (exact) mass is 578 g/mol. The van der Waals surface area contributed by atoms with E-state index in [0.717, 1.165) is 22.4 Å². The molecule has 42 heavy (non-hydrogen) atoms. The van der Waals surface area contributed by atoms with E-state index in [2.05, 4.69) is 24.5 Å². The van der Waals surface area contributed by atoms with Gasteiger partial charge in [0.15, 0.2) is 0 Å². The zero-order chi connectivity index (χ0) is 30.7. The van der Waals surface area contributed by atoms with Crippen molar-refractivity contribution < 1.29 is 28.4 Å². The number of benzene rings is 2. The van der Waals surface area contributed by atoms with Gasteiger partial charge in [-0.05, 0) is 82.1 Å². The van der Waals surface area contributed by atoms with E-state index in [4.69, 9.17) is 18.8 Å². The summed E-state index contributed by atoms with van der Waals surface area (Å²) in [6, 6.07) is 12.9. The second-order valence-electron chi connectivity index (χ2n) is 13.0. The van der Waals surface area contributed by atoms with Crippen LogP contribution in [0, 0.1) is 11.8 Å². The molecule has 4 rings (SSSR count). The summed E-state index contributed by atoms with van der Waals surface area (Å²) in [4.78, 5) is 27.6. The molecule has 3 atom stereocenters. The van der Waals surface area contributed by atoms with Crippen molar-refractivity contribution in [1.29, 1.82) is 0 Å². The second-order valence-corrected chi connectivity index (χ2v) is 13.0. The molecule has 228 valence electrons. The first-order valence-electron chi connectivity index (χ1n) is 15.1. The van der Waals surface area contributed by atoms with Crippen LogP contribution in [0.15, 0.2) is 42.5 Å². The van der Waals surface area contributed by atoms with Crippen LogP contribution in [-0.2, 0) is 38.2 Å². The van der Waals surface area contributed by atoms with Crippen LogP contribution in [0.25, 0.3) is 0 Å². The number of hydrogen-bond acceptors (Lipinski definition) is 6. The molecule has 2 amide bonds. The molecule has 2 aromatic rings. The number of amides is 2. The van der Waals surface area contributed by atoms with Gasteiger partial charge in [-0.3, -0.25) is 9.59 Å². The number of nitrogens with one attached hydrogen (secondary N) is 2. The standard InChI is InChI=1S/C33H47BN2O6/c1-21(2)16-29(34-41-32(3,4)33(5,6)42-34)36-31(38)27(17-22-12-10-9-11-13-22)35-30(37)23-14-15-26-24(18-23)19-25(39-7)20-28(26)40-8/h9-13,19-21,23,27,29H,14-18H2,1-8H3,(H,35,37)(H,36,38)/t23?,27-,29?/m0/s1. The number of fused-ring (bicyclic) bond motifs is 1. The van der Waals surface area contributed by atoms with Gasteiger partial charge in [-0.1, -0.05) is 44.2 Å². The first kappa shape index (κ1) is 31.9. The van der Waals surface area contributed by atoms with E-state index < -0.39 is 24.4 Å². The van der Waals surface area contributed by atoms with E-state index in [1.54, 1.807) is 14.2 Å². The van der Waals surface area contributed by atoms with Gasteiger partial charge in [0.2, 0.25) is 11.8 Å². The average Bonchev–Trinajstić information content (AvgIpc) is 3.17. The average molecular weight is 579 g/mol. The highest BCUT2D eigenvalue weighted by Crippen LogP contribution is 2.38. The van der Waals surface area contributed by atoms with E-state index >= 15 is 0 Å². The summed E-state index contributed by atoms with van der Waals surface area (Å²) >= 11 is 0. The third-order valence-corrected chi connectivity index (χ3v) is 8.88. The molecule has 2 aromatic carbocycles. The maximum Gasteiger partial charge on any atom is 0.481 e. The minimum Gasteiger partial charge on any atom is -0.497 e. The van der Waals surface area contributed by atoms with Crippen LogP contribution in [0.1, 0.15) is 71.1 Å². The summed E-state index contributed by atoms with van der Waals surface area (Å²) in [6.07, 6.45) is 3.00. The molecule has 1 fully saturated rings. The van der Waals surface area contributed by atoms with Gasteiger partial charge < -0.3 is 29.4 Å². The largest absolute Gasteiger partial charge is 0.497 e. The fourth-order valence-corrected chi connectivity index (χ4v) is 5.78. The molecule has 2 unspecified atom stereocenters. The van der Waals surface area contributed by atoms with Crippen molar-refractivity contribution in [2.45, 2.75) is 96.8 Å². The molecular formula is C33H47BN2O6. The lowest BCUT2D eigenvalue weighted by Gasteiger charge is -2.32. The molecule has 8 nitrogen and oxygen atoms in total. The number of hydrogen-bond donors (Lipinski definition) is 2. The number of carbonyl (C=O) groups is 2. The van der Waals surface area contributed by atoms with Crippen LogP contribution < -0.4 is 20.1 Å². The maximum absolute atomic E-state index is 13.9. The molecular weight excluding hydrogens is 531 g/mol. The summed E-state index contributed by atoms with van der Waals surface area (Å²) in [7, 11) is 2.68. The minimum atomic E-state index is -0.752. The van der Waals surface area contributed by atoms with Crippen LogP contribution in [0.4, 0.5) is 0 Å². The normalized spacial score (nSPS) is 20.4. The molecule has 1 saturated heterocycles. The lowest BCUT2D eigenvalue weighted by molar-refractivity contribution is -0.131. The van der Waals surface area contributed by atoms with Gasteiger partial charge in [0.05, 0.1) is 31.4 Å². The smallest absolute Gasteiger partial charge is 0.481 e. The Labute approximate surface area is 251 Å². The molecule has 0 aromatic heterocycles. The van der Waals surface area contributed by atoms with Crippen LogP contribution in [-0.4, -0.2) is 56.3 Å². The van der Waals surface area contributed by atoms with Gasteiger partial charge in [-0.2, -0.15) is 0 Å². The Balaban J connectivity index is 1.53. The Bertz CT molecular complexity index is 1230. The van der Waals surface area contributed by atoms with Crippen molar-refractivity contribution in [3.63, 3.8) is 0 Å². The quantitative estimate of drug-likeness (QED) is 0.376. The first-order chi connectivity index (χ1) is 19.8. The van der Waals surface area contributed by atoms with Crippen LogP contribution in [0.5, 0.6) is 11.5 Å². The van der Waals surface area contributed by atoms with Gasteiger partial charge in [0.25, 0.3) is 0 Å². The molecule has 2 aliphatic rings. The Morgan fingerprint density at radius 3 is 2.26 bits per heavy atom. The summed E-state index contributed by atoms with van der Waals surface area (Å²) in [6.45, 7) is 12.2. The molecule has 1 heterocycles. The third-order valence-electron chi connectivity index (χ3n) is 8.88. The zero-order valence-electron chi connectivity index (χ0n) is 26.4. The van der Waals surface area contributed by atoms with E-state index in [1.807, 2.05) is 70.2 Å². The molecule has 0 spiro atoms. The Kier molecular flexibility index (Phi) is 9.94. The molecule has 0 radical (unpaired) electrons. The molecule has 0 saturated carbocycles. The number of carbonyl (C=O) groups excluding carboxylic acids is 2. The van der Waals surface area contributed by atoms with Gasteiger partial charge >= 0.3 is 7.12 Å². The lowest BCUT2D eigenvalue weighted by Crippen LogP contribution is -2.56. The second kappa shape index (κ2) is 13.1.